The third kappa shape index (κ3) is 3.09. The van der Waals surface area contributed by atoms with Crippen LogP contribution in [0.2, 0.25) is 5.02 Å². The van der Waals surface area contributed by atoms with E-state index in [0.717, 1.165) is 0 Å². The third-order valence-electron chi connectivity index (χ3n) is 3.97. The van der Waals surface area contributed by atoms with Crippen molar-refractivity contribution in [3.8, 4) is 23.1 Å². The van der Waals surface area contributed by atoms with Crippen LogP contribution in [-0.2, 0) is 7.05 Å². The monoisotopic (exact) mass is 406 g/mol. The molecule has 0 fully saturated rings. The number of imidazole rings is 1. The number of hydrogen-bond donors (Lipinski definition) is 1. The number of nitrogens with zero attached hydrogens (tertiary/aromatic N) is 3. The quantitative estimate of drug-likeness (QED) is 0.554. The zero-order valence-electron chi connectivity index (χ0n) is 14.1. The van der Waals surface area contributed by atoms with Crippen LogP contribution in [0.1, 0.15) is 0 Å². The van der Waals surface area contributed by atoms with E-state index in [4.69, 9.17) is 16.3 Å². The molecule has 10 heteroatoms. The van der Waals surface area contributed by atoms with E-state index < -0.39 is 34.8 Å². The number of aromatic nitrogens is 4. The van der Waals surface area contributed by atoms with Crippen molar-refractivity contribution in [2.45, 2.75) is 0 Å². The molecular formula is C18H10ClF3N4O2. The second-order valence-electron chi connectivity index (χ2n) is 5.85. The Morgan fingerprint density at radius 2 is 1.71 bits per heavy atom. The second kappa shape index (κ2) is 6.68. The fourth-order valence-electron chi connectivity index (χ4n) is 2.68. The van der Waals surface area contributed by atoms with Crippen LogP contribution in [0.25, 0.3) is 22.6 Å². The molecule has 1 N–H and O–H groups in total. The summed E-state index contributed by atoms with van der Waals surface area (Å²) in [5, 5.41) is 0.539. The van der Waals surface area contributed by atoms with Crippen molar-refractivity contribution in [3.05, 3.63) is 69.2 Å². The third-order valence-corrected chi connectivity index (χ3v) is 4.22. The van der Waals surface area contributed by atoms with E-state index in [2.05, 4.69) is 15.0 Å². The van der Waals surface area contributed by atoms with Gasteiger partial charge >= 0.3 is 6.01 Å². The smallest absolute Gasteiger partial charge is 0.304 e. The Morgan fingerprint density at radius 3 is 2.36 bits per heavy atom. The van der Waals surface area contributed by atoms with Crippen LogP contribution < -0.4 is 10.3 Å². The molecule has 0 unspecified atom stereocenters. The first-order valence-corrected chi connectivity index (χ1v) is 8.26. The van der Waals surface area contributed by atoms with Gasteiger partial charge in [-0.15, -0.1) is 0 Å². The van der Waals surface area contributed by atoms with E-state index in [-0.39, 0.29) is 11.2 Å². The highest BCUT2D eigenvalue weighted by Gasteiger charge is 2.19. The average molecular weight is 407 g/mol. The Morgan fingerprint density at radius 1 is 1.07 bits per heavy atom. The highest BCUT2D eigenvalue weighted by molar-refractivity contribution is 6.30. The Bertz CT molecular complexity index is 1250. The molecule has 0 aliphatic carbocycles. The van der Waals surface area contributed by atoms with Crippen LogP contribution in [0.5, 0.6) is 11.8 Å². The van der Waals surface area contributed by atoms with Crippen molar-refractivity contribution in [2.24, 2.45) is 7.05 Å². The topological polar surface area (TPSA) is 72.8 Å². The van der Waals surface area contributed by atoms with E-state index in [0.29, 0.717) is 28.5 Å². The minimum absolute atomic E-state index is 0.0138. The number of halogens is 4. The predicted molar refractivity (Wildman–Crippen MR) is 96.0 cm³/mol. The van der Waals surface area contributed by atoms with E-state index in [1.54, 1.807) is 31.3 Å². The summed E-state index contributed by atoms with van der Waals surface area (Å²) in [5.74, 6) is -4.09. The van der Waals surface area contributed by atoms with Crippen molar-refractivity contribution in [1.82, 2.24) is 19.5 Å². The van der Waals surface area contributed by atoms with E-state index in [1.807, 2.05) is 0 Å². The summed E-state index contributed by atoms with van der Waals surface area (Å²) in [4.78, 5) is 22.9. The number of rotatable bonds is 3. The summed E-state index contributed by atoms with van der Waals surface area (Å²) in [6, 6.07) is 7.23. The van der Waals surface area contributed by atoms with Crippen LogP contribution >= 0.6 is 11.6 Å². The number of fused-ring (bicyclic) bond motifs is 1. The lowest BCUT2D eigenvalue weighted by molar-refractivity contribution is 0.378. The molecule has 2 aromatic carbocycles. The first-order valence-electron chi connectivity index (χ1n) is 7.88. The van der Waals surface area contributed by atoms with Crippen LogP contribution in [0.4, 0.5) is 13.2 Å². The largest absolute Gasteiger partial charge is 0.419 e. The van der Waals surface area contributed by atoms with Gasteiger partial charge in [-0.2, -0.15) is 4.98 Å². The molecule has 0 spiro atoms. The zero-order valence-corrected chi connectivity index (χ0v) is 14.9. The van der Waals surface area contributed by atoms with E-state index >= 15 is 0 Å². The van der Waals surface area contributed by atoms with Crippen LogP contribution in [0.3, 0.4) is 0 Å². The molecule has 0 radical (unpaired) electrons. The molecule has 0 amide bonds. The molecule has 4 aromatic rings. The molecule has 0 atom stereocenters. The number of hydrogen-bond acceptors (Lipinski definition) is 4. The Balaban J connectivity index is 1.82. The fourth-order valence-corrected chi connectivity index (χ4v) is 2.81. The highest BCUT2D eigenvalue weighted by atomic mass is 35.5. The Hall–Kier alpha value is -3.33. The first kappa shape index (κ1) is 18.1. The minimum atomic E-state index is -1.27. The number of aromatic amines is 1. The van der Waals surface area contributed by atoms with Gasteiger partial charge in [0, 0.05) is 29.8 Å². The van der Waals surface area contributed by atoms with E-state index in [1.165, 1.54) is 4.57 Å². The maximum absolute atomic E-state index is 13.8. The molecule has 28 heavy (non-hydrogen) atoms. The molecule has 0 bridgehead atoms. The molecule has 4 rings (SSSR count). The summed E-state index contributed by atoms with van der Waals surface area (Å²) in [6.07, 6.45) is 0. The number of H-pyrrole nitrogens is 1. The van der Waals surface area contributed by atoms with Crippen molar-refractivity contribution >= 4 is 22.8 Å². The Kier molecular flexibility index (Phi) is 4.31. The van der Waals surface area contributed by atoms with Gasteiger partial charge in [0.2, 0.25) is 5.75 Å². The SMILES string of the molecule is Cn1c(-c2ccc(Cl)cc2)nc2c(=O)[nH]c(Oc3c(F)cc(F)cc3F)nc21. The second-order valence-corrected chi connectivity index (χ2v) is 6.28. The summed E-state index contributed by atoms with van der Waals surface area (Å²) in [5.41, 5.74) is 0.160. The maximum Gasteiger partial charge on any atom is 0.304 e. The van der Waals surface area contributed by atoms with Gasteiger partial charge in [-0.3, -0.25) is 9.78 Å². The molecule has 0 saturated heterocycles. The lowest BCUT2D eigenvalue weighted by Crippen LogP contribution is -2.10. The van der Waals surface area contributed by atoms with Crippen LogP contribution in [0.15, 0.2) is 41.2 Å². The van der Waals surface area contributed by atoms with Crippen molar-refractivity contribution in [3.63, 3.8) is 0 Å². The van der Waals surface area contributed by atoms with Gasteiger partial charge in [-0.05, 0) is 24.3 Å². The average Bonchev–Trinajstić information content (AvgIpc) is 2.96. The van der Waals surface area contributed by atoms with Gasteiger partial charge in [0.15, 0.2) is 22.8 Å². The van der Waals surface area contributed by atoms with Crippen molar-refractivity contribution in [2.75, 3.05) is 0 Å². The van der Waals surface area contributed by atoms with Crippen LogP contribution in [0, 0.1) is 17.5 Å². The van der Waals surface area contributed by atoms with E-state index in [9.17, 15) is 18.0 Å². The van der Waals surface area contributed by atoms with Gasteiger partial charge in [-0.25, -0.2) is 18.2 Å². The molecule has 2 heterocycles. The maximum atomic E-state index is 13.8. The van der Waals surface area contributed by atoms with Gasteiger partial charge in [0.1, 0.15) is 11.6 Å². The van der Waals surface area contributed by atoms with Gasteiger partial charge < -0.3 is 9.30 Å². The standard InChI is InChI=1S/C18H10ClF3N4O2/c1-26-15(8-2-4-9(19)5-3-8)23-13-16(26)24-18(25-17(13)27)28-14-11(21)6-10(20)7-12(14)22/h2-7H,1H3,(H,24,25,27). The first-order chi connectivity index (χ1) is 13.3. The van der Waals surface area contributed by atoms with Gasteiger partial charge in [-0.1, -0.05) is 11.6 Å². The lowest BCUT2D eigenvalue weighted by atomic mass is 10.2. The number of nitrogens with one attached hydrogen (secondary N) is 1. The summed E-state index contributed by atoms with van der Waals surface area (Å²) < 4.78 is 47.2. The molecule has 142 valence electrons. The normalized spacial score (nSPS) is 11.2. The fraction of sp³-hybridized carbons (Fsp3) is 0.0556. The van der Waals surface area contributed by atoms with Crippen molar-refractivity contribution in [1.29, 1.82) is 0 Å². The predicted octanol–water partition coefficient (Wildman–Crippen LogP) is 4.19. The highest BCUT2D eigenvalue weighted by Crippen LogP contribution is 2.28. The van der Waals surface area contributed by atoms with Gasteiger partial charge in [0.25, 0.3) is 5.56 Å². The van der Waals surface area contributed by atoms with Gasteiger partial charge in [0.05, 0.1) is 0 Å². The molecule has 0 saturated carbocycles. The van der Waals surface area contributed by atoms with Crippen molar-refractivity contribution < 1.29 is 17.9 Å². The Labute approximate surface area is 160 Å². The number of aryl methyl sites for hydroxylation is 1. The summed E-state index contributed by atoms with van der Waals surface area (Å²) in [6.45, 7) is 0. The zero-order chi connectivity index (χ0) is 20.0. The number of benzene rings is 2. The van der Waals surface area contributed by atoms with Crippen LogP contribution in [-0.4, -0.2) is 19.5 Å². The summed E-state index contributed by atoms with van der Waals surface area (Å²) >= 11 is 5.88. The summed E-state index contributed by atoms with van der Waals surface area (Å²) in [7, 11) is 1.62. The molecule has 6 nitrogen and oxygen atoms in total. The minimum Gasteiger partial charge on any atom is -0.419 e. The lowest BCUT2D eigenvalue weighted by Gasteiger charge is -2.07. The molecule has 2 aromatic heterocycles. The molecular weight excluding hydrogens is 397 g/mol. The molecule has 0 aliphatic heterocycles. The molecule has 0 aliphatic rings. The number of ether oxygens (including phenoxy) is 1.